The van der Waals surface area contributed by atoms with Gasteiger partial charge in [-0.3, -0.25) is 0 Å². The molecule has 1 aliphatic carbocycles. The van der Waals surface area contributed by atoms with E-state index in [1.54, 1.807) is 0 Å². The van der Waals surface area contributed by atoms with Gasteiger partial charge in [-0.15, -0.1) is 0 Å². The standard InChI is InChI=1S/C46H33NO/c1-45(2)38-21-11-13-23-41(38)47(42-24-14-12-22-39(42)45)32-25-26-43-35(27-32)36-28-40-34(29-44(36)48-43)33-19-9-10-20-37(33)46(40,30-15-5-3-6-16-30)31-17-7-4-8-18-31/h3-29H,1-2H3. The summed E-state index contributed by atoms with van der Waals surface area (Å²) in [7, 11) is 0. The van der Waals surface area contributed by atoms with Gasteiger partial charge in [0, 0.05) is 21.9 Å². The highest BCUT2D eigenvalue weighted by molar-refractivity contribution is 6.09. The molecular formula is C46H33NO. The molecule has 2 heteroatoms. The molecule has 10 rings (SSSR count). The highest BCUT2D eigenvalue weighted by Gasteiger charge is 2.46. The lowest BCUT2D eigenvalue weighted by Gasteiger charge is -2.42. The molecule has 2 nitrogen and oxygen atoms in total. The number of nitrogens with zero attached hydrogens (tertiary/aromatic N) is 1. The molecule has 0 saturated carbocycles. The molecule has 0 N–H and O–H groups in total. The van der Waals surface area contributed by atoms with Gasteiger partial charge < -0.3 is 9.32 Å². The van der Waals surface area contributed by atoms with Gasteiger partial charge in [-0.25, -0.2) is 0 Å². The van der Waals surface area contributed by atoms with Gasteiger partial charge in [0.05, 0.1) is 16.8 Å². The summed E-state index contributed by atoms with van der Waals surface area (Å²) in [5, 5.41) is 2.25. The van der Waals surface area contributed by atoms with E-state index >= 15 is 0 Å². The zero-order valence-corrected chi connectivity index (χ0v) is 26.9. The topological polar surface area (TPSA) is 16.4 Å². The van der Waals surface area contributed by atoms with Crippen LogP contribution in [0.1, 0.15) is 47.2 Å². The lowest BCUT2D eigenvalue weighted by molar-refractivity contribution is 0.632. The zero-order chi connectivity index (χ0) is 32.0. The quantitative estimate of drug-likeness (QED) is 0.197. The van der Waals surface area contributed by atoms with E-state index in [1.807, 2.05) is 0 Å². The van der Waals surface area contributed by atoms with Gasteiger partial charge >= 0.3 is 0 Å². The summed E-state index contributed by atoms with van der Waals surface area (Å²) in [6.45, 7) is 4.66. The van der Waals surface area contributed by atoms with Gasteiger partial charge in [-0.1, -0.05) is 135 Å². The van der Waals surface area contributed by atoms with Crippen LogP contribution in [0.25, 0.3) is 33.1 Å². The van der Waals surface area contributed by atoms with Crippen LogP contribution < -0.4 is 4.90 Å². The molecule has 0 fully saturated rings. The fourth-order valence-electron chi connectivity index (χ4n) is 8.79. The van der Waals surface area contributed by atoms with Crippen LogP contribution in [0.4, 0.5) is 17.1 Å². The Morgan fingerprint density at radius 1 is 0.438 bits per heavy atom. The summed E-state index contributed by atoms with van der Waals surface area (Å²) in [6, 6.07) is 59.9. The minimum absolute atomic E-state index is 0.107. The average molecular weight is 616 g/mol. The first-order chi connectivity index (χ1) is 23.6. The largest absolute Gasteiger partial charge is 0.456 e. The van der Waals surface area contributed by atoms with Crippen molar-refractivity contribution in [3.8, 4) is 11.1 Å². The predicted molar refractivity (Wildman–Crippen MR) is 198 cm³/mol. The van der Waals surface area contributed by atoms with Crippen LogP contribution >= 0.6 is 0 Å². The lowest BCUT2D eigenvalue weighted by Crippen LogP contribution is -2.30. The highest BCUT2D eigenvalue weighted by Crippen LogP contribution is 2.58. The molecule has 0 saturated heterocycles. The third-order valence-electron chi connectivity index (χ3n) is 10.9. The van der Waals surface area contributed by atoms with Gasteiger partial charge in [0.1, 0.15) is 11.2 Å². The highest BCUT2D eigenvalue weighted by atomic mass is 16.3. The van der Waals surface area contributed by atoms with E-state index in [0.717, 1.165) is 27.6 Å². The number of para-hydroxylation sites is 2. The molecule has 7 aromatic carbocycles. The second kappa shape index (κ2) is 9.82. The van der Waals surface area contributed by atoms with Crippen molar-refractivity contribution < 1.29 is 4.42 Å². The summed E-state index contributed by atoms with van der Waals surface area (Å²) < 4.78 is 6.67. The first-order valence-corrected chi connectivity index (χ1v) is 16.8. The minimum Gasteiger partial charge on any atom is -0.456 e. The van der Waals surface area contributed by atoms with Crippen LogP contribution in [0, 0.1) is 0 Å². The monoisotopic (exact) mass is 615 g/mol. The van der Waals surface area contributed by atoms with E-state index < -0.39 is 5.41 Å². The summed E-state index contributed by atoms with van der Waals surface area (Å²) in [6.07, 6.45) is 0. The maximum absolute atomic E-state index is 6.67. The molecule has 0 unspecified atom stereocenters. The Morgan fingerprint density at radius 3 is 1.62 bits per heavy atom. The van der Waals surface area contributed by atoms with Crippen molar-refractivity contribution in [2.45, 2.75) is 24.7 Å². The predicted octanol–water partition coefficient (Wildman–Crippen LogP) is 12.1. The minimum atomic E-state index is -0.458. The fraction of sp³-hybridized carbons (Fsp3) is 0.0870. The van der Waals surface area contributed by atoms with E-state index in [2.05, 4.69) is 183 Å². The van der Waals surface area contributed by atoms with E-state index in [0.29, 0.717) is 0 Å². The van der Waals surface area contributed by atoms with Crippen LogP contribution in [0.2, 0.25) is 0 Å². The van der Waals surface area contributed by atoms with Gasteiger partial charge in [0.2, 0.25) is 0 Å². The van der Waals surface area contributed by atoms with Crippen molar-refractivity contribution in [3.63, 3.8) is 0 Å². The van der Waals surface area contributed by atoms with Crippen LogP contribution in [0.15, 0.2) is 168 Å². The summed E-state index contributed by atoms with van der Waals surface area (Å²) in [5.74, 6) is 0. The molecular weight excluding hydrogens is 583 g/mol. The first kappa shape index (κ1) is 27.3. The van der Waals surface area contributed by atoms with E-state index in [9.17, 15) is 0 Å². The molecule has 0 atom stereocenters. The second-order valence-corrected chi connectivity index (χ2v) is 13.7. The Balaban J connectivity index is 1.26. The molecule has 48 heavy (non-hydrogen) atoms. The van der Waals surface area contributed by atoms with Crippen molar-refractivity contribution >= 4 is 39.0 Å². The molecule has 1 aromatic heterocycles. The number of anilines is 3. The molecule has 8 aromatic rings. The van der Waals surface area contributed by atoms with Crippen molar-refractivity contribution in [2.24, 2.45) is 0 Å². The number of hydrogen-bond acceptors (Lipinski definition) is 2. The first-order valence-electron chi connectivity index (χ1n) is 16.8. The number of rotatable bonds is 3. The Morgan fingerprint density at radius 2 is 0.979 bits per heavy atom. The summed E-state index contributed by atoms with van der Waals surface area (Å²) >= 11 is 0. The van der Waals surface area contributed by atoms with E-state index in [-0.39, 0.29) is 5.41 Å². The summed E-state index contributed by atoms with van der Waals surface area (Å²) in [4.78, 5) is 2.43. The van der Waals surface area contributed by atoms with Crippen molar-refractivity contribution in [1.29, 1.82) is 0 Å². The number of hydrogen-bond donors (Lipinski definition) is 0. The molecule has 0 bridgehead atoms. The number of benzene rings is 7. The molecule has 1 aliphatic heterocycles. The van der Waals surface area contributed by atoms with Crippen molar-refractivity contribution in [3.05, 3.63) is 197 Å². The molecule has 228 valence electrons. The maximum Gasteiger partial charge on any atom is 0.136 e. The van der Waals surface area contributed by atoms with Crippen LogP contribution in [-0.2, 0) is 10.8 Å². The summed E-state index contributed by atoms with van der Waals surface area (Å²) in [5.41, 5.74) is 15.1. The van der Waals surface area contributed by atoms with E-state index in [1.165, 1.54) is 55.9 Å². The second-order valence-electron chi connectivity index (χ2n) is 13.7. The Hall–Kier alpha value is -5.86. The van der Waals surface area contributed by atoms with Crippen LogP contribution in [0.5, 0.6) is 0 Å². The Bertz CT molecular complexity index is 2450. The molecule has 0 amide bonds. The molecule has 2 aliphatic rings. The SMILES string of the molecule is CC1(C)c2ccccc2N(c2ccc3oc4cc5c(cc4c3c2)C(c2ccccc2)(c2ccccc2)c2ccccc2-5)c2ccccc21. The molecule has 0 spiro atoms. The van der Waals surface area contributed by atoms with Gasteiger partial charge in [0.25, 0.3) is 0 Å². The Kier molecular flexibility index (Phi) is 5.58. The Labute approximate surface area is 280 Å². The number of fused-ring (bicyclic) bond motifs is 8. The smallest absolute Gasteiger partial charge is 0.136 e. The average Bonchev–Trinajstić information content (AvgIpc) is 3.64. The van der Waals surface area contributed by atoms with Crippen molar-refractivity contribution in [2.75, 3.05) is 4.90 Å². The van der Waals surface area contributed by atoms with Crippen molar-refractivity contribution in [1.82, 2.24) is 0 Å². The molecule has 2 heterocycles. The zero-order valence-electron chi connectivity index (χ0n) is 26.9. The lowest BCUT2D eigenvalue weighted by atomic mass is 9.67. The van der Waals surface area contributed by atoms with Gasteiger partial charge in [0.15, 0.2) is 0 Å². The molecule has 0 radical (unpaired) electrons. The third-order valence-corrected chi connectivity index (χ3v) is 10.9. The van der Waals surface area contributed by atoms with Gasteiger partial charge in [-0.05, 0) is 87.0 Å². The van der Waals surface area contributed by atoms with Crippen LogP contribution in [0.3, 0.4) is 0 Å². The maximum atomic E-state index is 6.67. The fourth-order valence-corrected chi connectivity index (χ4v) is 8.79. The normalized spacial score (nSPS) is 15.2. The van der Waals surface area contributed by atoms with Crippen LogP contribution in [-0.4, -0.2) is 0 Å². The van der Waals surface area contributed by atoms with Gasteiger partial charge in [-0.2, -0.15) is 0 Å². The number of furan rings is 1. The van der Waals surface area contributed by atoms with E-state index in [4.69, 9.17) is 4.42 Å². The third kappa shape index (κ3) is 3.52.